The Morgan fingerprint density at radius 1 is 1.61 bits per heavy atom. The maximum absolute atomic E-state index is 11.8. The number of hydrogen-bond donors (Lipinski definition) is 2. The number of nitrogens with two attached hydrogens (primary N) is 1. The Kier molecular flexibility index (Phi) is 8.97. The molecular formula is C12H21ClN2O2S. The average molecular weight is 293 g/mol. The molecule has 1 atom stereocenters. The molecule has 1 rings (SSSR count). The molecule has 0 fully saturated rings. The van der Waals surface area contributed by atoms with Crippen LogP contribution in [0.25, 0.3) is 0 Å². The molecule has 0 aliphatic heterocycles. The summed E-state index contributed by atoms with van der Waals surface area (Å²) in [6.45, 7) is 4.46. The lowest BCUT2D eigenvalue weighted by Gasteiger charge is -2.12. The van der Waals surface area contributed by atoms with Crippen molar-refractivity contribution in [2.24, 2.45) is 5.73 Å². The van der Waals surface area contributed by atoms with Gasteiger partial charge in [-0.05, 0) is 30.9 Å². The van der Waals surface area contributed by atoms with Gasteiger partial charge in [0.25, 0.3) is 5.91 Å². The molecule has 0 saturated heterocycles. The summed E-state index contributed by atoms with van der Waals surface area (Å²) >= 11 is 1.88. The Labute approximate surface area is 118 Å². The van der Waals surface area contributed by atoms with Gasteiger partial charge in [0, 0.05) is 6.04 Å². The number of halogens is 1. The van der Waals surface area contributed by atoms with E-state index < -0.39 is 0 Å². The molecule has 1 heterocycles. The van der Waals surface area contributed by atoms with Gasteiger partial charge < -0.3 is 15.5 Å². The van der Waals surface area contributed by atoms with Gasteiger partial charge in [0.15, 0.2) is 0 Å². The number of furan rings is 1. The van der Waals surface area contributed by atoms with Crippen LogP contribution in [-0.2, 0) is 6.54 Å². The molecule has 1 aromatic rings. The molecule has 1 amide bonds. The van der Waals surface area contributed by atoms with E-state index in [0.29, 0.717) is 17.9 Å². The quantitative estimate of drug-likeness (QED) is 0.757. The fourth-order valence-corrected chi connectivity index (χ4v) is 2.20. The third-order valence-electron chi connectivity index (χ3n) is 2.39. The first kappa shape index (κ1) is 17.4. The van der Waals surface area contributed by atoms with E-state index in [1.807, 2.05) is 18.7 Å². The van der Waals surface area contributed by atoms with Crippen molar-refractivity contribution in [3.8, 4) is 0 Å². The minimum absolute atomic E-state index is 0. The van der Waals surface area contributed by atoms with Crippen LogP contribution in [0, 0.1) is 0 Å². The van der Waals surface area contributed by atoms with Gasteiger partial charge in [0.2, 0.25) is 0 Å². The molecule has 104 valence electrons. The molecule has 0 bridgehead atoms. The predicted octanol–water partition coefficient (Wildman–Crippen LogP) is 2.42. The van der Waals surface area contributed by atoms with Crippen molar-refractivity contribution < 1.29 is 9.21 Å². The van der Waals surface area contributed by atoms with Gasteiger partial charge in [-0.3, -0.25) is 4.79 Å². The van der Waals surface area contributed by atoms with E-state index in [4.69, 9.17) is 10.2 Å². The molecule has 6 heteroatoms. The summed E-state index contributed by atoms with van der Waals surface area (Å²) in [6.07, 6.45) is 2.43. The molecule has 1 unspecified atom stereocenters. The third-order valence-corrected chi connectivity index (χ3v) is 3.33. The molecule has 0 radical (unpaired) electrons. The van der Waals surface area contributed by atoms with E-state index in [9.17, 15) is 4.79 Å². The van der Waals surface area contributed by atoms with Gasteiger partial charge in [0.1, 0.15) is 12.0 Å². The monoisotopic (exact) mass is 292 g/mol. The van der Waals surface area contributed by atoms with Crippen LogP contribution in [0.1, 0.15) is 36.4 Å². The van der Waals surface area contributed by atoms with Gasteiger partial charge in [-0.15, -0.1) is 12.4 Å². The second-order valence-corrected chi connectivity index (χ2v) is 5.26. The van der Waals surface area contributed by atoms with Crippen molar-refractivity contribution in [1.29, 1.82) is 0 Å². The lowest BCUT2D eigenvalue weighted by atomic mass is 10.2. The average Bonchev–Trinajstić information content (AvgIpc) is 2.78. The molecule has 0 spiro atoms. The minimum atomic E-state index is -0.0950. The summed E-state index contributed by atoms with van der Waals surface area (Å²) in [6, 6.07) is 1.86. The molecular weight excluding hydrogens is 272 g/mol. The standard InChI is InChI=1S/C12H20N2O2S.ClH/c1-3-17-5-4-9(2)14-12(15)10-6-11(7-13)16-8-10;/h6,8-9H,3-5,7,13H2,1-2H3,(H,14,15);1H. The summed E-state index contributed by atoms with van der Waals surface area (Å²) < 4.78 is 5.13. The van der Waals surface area contributed by atoms with Crippen LogP contribution >= 0.6 is 24.2 Å². The van der Waals surface area contributed by atoms with E-state index in [1.165, 1.54) is 6.26 Å². The topological polar surface area (TPSA) is 68.3 Å². The van der Waals surface area contributed by atoms with E-state index >= 15 is 0 Å². The highest BCUT2D eigenvalue weighted by Crippen LogP contribution is 2.08. The molecule has 18 heavy (non-hydrogen) atoms. The number of hydrogen-bond acceptors (Lipinski definition) is 4. The van der Waals surface area contributed by atoms with Crippen molar-refractivity contribution in [2.75, 3.05) is 11.5 Å². The number of carbonyl (C=O) groups is 1. The zero-order chi connectivity index (χ0) is 12.7. The number of nitrogens with one attached hydrogen (secondary N) is 1. The van der Waals surface area contributed by atoms with Gasteiger partial charge in [-0.25, -0.2) is 0 Å². The molecule has 0 saturated carbocycles. The number of amides is 1. The van der Waals surface area contributed by atoms with Crippen molar-refractivity contribution >= 4 is 30.1 Å². The third kappa shape index (κ3) is 5.80. The van der Waals surface area contributed by atoms with Crippen LogP contribution in [0.15, 0.2) is 16.7 Å². The normalized spacial score (nSPS) is 11.7. The maximum Gasteiger partial charge on any atom is 0.254 e. The SMILES string of the molecule is CCSCCC(C)NC(=O)c1coc(CN)c1.Cl. The van der Waals surface area contributed by atoms with Crippen molar-refractivity contribution in [3.63, 3.8) is 0 Å². The molecule has 4 nitrogen and oxygen atoms in total. The Hall–Kier alpha value is -0.650. The number of thioether (sulfide) groups is 1. The second-order valence-electron chi connectivity index (χ2n) is 3.87. The lowest BCUT2D eigenvalue weighted by molar-refractivity contribution is 0.0939. The number of rotatable bonds is 7. The van der Waals surface area contributed by atoms with Crippen molar-refractivity contribution in [2.45, 2.75) is 32.9 Å². The highest BCUT2D eigenvalue weighted by Gasteiger charge is 2.12. The van der Waals surface area contributed by atoms with Crippen LogP contribution in [0.3, 0.4) is 0 Å². The van der Waals surface area contributed by atoms with Gasteiger partial charge >= 0.3 is 0 Å². The Morgan fingerprint density at radius 2 is 2.33 bits per heavy atom. The Bertz CT molecular complexity index is 358. The summed E-state index contributed by atoms with van der Waals surface area (Å²) in [5.41, 5.74) is 5.96. The molecule has 1 aromatic heterocycles. The predicted molar refractivity (Wildman–Crippen MR) is 78.4 cm³/mol. The van der Waals surface area contributed by atoms with Crippen LogP contribution in [-0.4, -0.2) is 23.5 Å². The lowest BCUT2D eigenvalue weighted by Crippen LogP contribution is -2.32. The summed E-state index contributed by atoms with van der Waals surface area (Å²) in [5.74, 6) is 2.71. The molecule has 0 aromatic carbocycles. The zero-order valence-corrected chi connectivity index (χ0v) is 12.4. The van der Waals surface area contributed by atoms with Crippen LogP contribution in [0.5, 0.6) is 0 Å². The highest BCUT2D eigenvalue weighted by atomic mass is 35.5. The number of carbonyl (C=O) groups excluding carboxylic acids is 1. The van der Waals surface area contributed by atoms with Gasteiger partial charge in [0.05, 0.1) is 12.1 Å². The summed E-state index contributed by atoms with van der Waals surface area (Å²) in [4.78, 5) is 11.8. The molecule has 3 N–H and O–H groups in total. The van der Waals surface area contributed by atoms with Crippen molar-refractivity contribution in [1.82, 2.24) is 5.32 Å². The van der Waals surface area contributed by atoms with E-state index in [-0.39, 0.29) is 24.4 Å². The fraction of sp³-hybridized carbons (Fsp3) is 0.583. The van der Waals surface area contributed by atoms with Gasteiger partial charge in [-0.1, -0.05) is 6.92 Å². The maximum atomic E-state index is 11.8. The zero-order valence-electron chi connectivity index (χ0n) is 10.8. The Morgan fingerprint density at radius 3 is 2.89 bits per heavy atom. The van der Waals surface area contributed by atoms with Crippen LogP contribution in [0.2, 0.25) is 0 Å². The van der Waals surface area contributed by atoms with E-state index in [2.05, 4.69) is 12.2 Å². The fourth-order valence-electron chi connectivity index (χ4n) is 1.39. The van der Waals surface area contributed by atoms with Crippen molar-refractivity contribution in [3.05, 3.63) is 23.7 Å². The largest absolute Gasteiger partial charge is 0.467 e. The smallest absolute Gasteiger partial charge is 0.254 e. The first-order valence-corrected chi connectivity index (χ1v) is 6.99. The molecule has 0 aliphatic carbocycles. The van der Waals surface area contributed by atoms with Gasteiger partial charge in [-0.2, -0.15) is 11.8 Å². The summed E-state index contributed by atoms with van der Waals surface area (Å²) in [7, 11) is 0. The highest BCUT2D eigenvalue weighted by molar-refractivity contribution is 7.99. The van der Waals surface area contributed by atoms with E-state index in [1.54, 1.807) is 6.07 Å². The second kappa shape index (κ2) is 9.30. The first-order chi connectivity index (χ1) is 8.17. The first-order valence-electron chi connectivity index (χ1n) is 5.83. The van der Waals surface area contributed by atoms with Crippen LogP contribution in [0.4, 0.5) is 0 Å². The van der Waals surface area contributed by atoms with Crippen LogP contribution < -0.4 is 11.1 Å². The minimum Gasteiger partial charge on any atom is -0.467 e. The Balaban J connectivity index is 0.00000289. The molecule has 0 aliphatic rings. The summed E-state index contributed by atoms with van der Waals surface area (Å²) in [5, 5.41) is 2.94. The van der Waals surface area contributed by atoms with E-state index in [0.717, 1.165) is 17.9 Å².